The first-order chi connectivity index (χ1) is 11.6. The molecule has 6 heteroatoms. The molecule has 0 amide bonds. The SMILES string of the molecule is CC(C)(C)OC(=O)CCC1CCN(c2cc(F)cc(C(=O)O)c2)CC1. The zero-order valence-electron chi connectivity index (χ0n) is 15.0. The fraction of sp³-hybridized carbons (Fsp3) is 0.579. The highest BCUT2D eigenvalue weighted by Crippen LogP contribution is 2.27. The Morgan fingerprint density at radius 3 is 2.44 bits per heavy atom. The first kappa shape index (κ1) is 19.2. The van der Waals surface area contributed by atoms with Crippen LogP contribution in [0.5, 0.6) is 0 Å². The van der Waals surface area contributed by atoms with Gasteiger partial charge in [-0.25, -0.2) is 9.18 Å². The summed E-state index contributed by atoms with van der Waals surface area (Å²) >= 11 is 0. The van der Waals surface area contributed by atoms with Crippen LogP contribution in [0.3, 0.4) is 0 Å². The van der Waals surface area contributed by atoms with E-state index in [1.807, 2.05) is 25.7 Å². The summed E-state index contributed by atoms with van der Waals surface area (Å²) in [6.45, 7) is 7.01. The molecule has 138 valence electrons. The Morgan fingerprint density at radius 1 is 1.24 bits per heavy atom. The maximum absolute atomic E-state index is 13.6. The molecule has 1 aromatic rings. The minimum absolute atomic E-state index is 0.0398. The van der Waals surface area contributed by atoms with Gasteiger partial charge < -0.3 is 14.7 Å². The monoisotopic (exact) mass is 351 g/mol. The van der Waals surface area contributed by atoms with Crippen molar-refractivity contribution >= 4 is 17.6 Å². The second-order valence-corrected chi connectivity index (χ2v) is 7.56. The lowest BCUT2D eigenvalue weighted by molar-refractivity contribution is -0.155. The second kappa shape index (κ2) is 7.85. The summed E-state index contributed by atoms with van der Waals surface area (Å²) < 4.78 is 18.9. The Bertz CT molecular complexity index is 631. The lowest BCUT2D eigenvalue weighted by Crippen LogP contribution is -2.34. The van der Waals surface area contributed by atoms with Gasteiger partial charge in [-0.3, -0.25) is 4.79 Å². The molecule has 5 nitrogen and oxygen atoms in total. The number of piperidine rings is 1. The molecule has 0 bridgehead atoms. The lowest BCUT2D eigenvalue weighted by atomic mass is 9.92. The zero-order valence-corrected chi connectivity index (χ0v) is 15.0. The number of nitrogens with zero attached hydrogens (tertiary/aromatic N) is 1. The van der Waals surface area contributed by atoms with Gasteiger partial charge in [0.1, 0.15) is 11.4 Å². The van der Waals surface area contributed by atoms with Gasteiger partial charge in [-0.05, 0) is 64.2 Å². The number of aromatic carboxylic acids is 1. The van der Waals surface area contributed by atoms with Crippen molar-refractivity contribution in [1.29, 1.82) is 0 Å². The third kappa shape index (κ3) is 6.03. The highest BCUT2D eigenvalue weighted by molar-refractivity contribution is 5.88. The number of halogens is 1. The molecule has 0 radical (unpaired) electrons. The minimum atomic E-state index is -1.13. The van der Waals surface area contributed by atoms with Gasteiger partial charge in [-0.1, -0.05) is 0 Å². The van der Waals surface area contributed by atoms with E-state index >= 15 is 0 Å². The van der Waals surface area contributed by atoms with Gasteiger partial charge in [-0.2, -0.15) is 0 Å². The first-order valence-corrected chi connectivity index (χ1v) is 8.65. The molecule has 1 fully saturated rings. The van der Waals surface area contributed by atoms with Crippen molar-refractivity contribution in [1.82, 2.24) is 0 Å². The predicted molar refractivity (Wildman–Crippen MR) is 93.4 cm³/mol. The van der Waals surface area contributed by atoms with Crippen LogP contribution >= 0.6 is 0 Å². The van der Waals surface area contributed by atoms with Gasteiger partial charge in [-0.15, -0.1) is 0 Å². The van der Waals surface area contributed by atoms with Crippen LogP contribution in [0.15, 0.2) is 18.2 Å². The maximum Gasteiger partial charge on any atom is 0.335 e. The average molecular weight is 351 g/mol. The van der Waals surface area contributed by atoms with Crippen molar-refractivity contribution in [3.05, 3.63) is 29.6 Å². The van der Waals surface area contributed by atoms with Gasteiger partial charge in [0.15, 0.2) is 0 Å². The Kier molecular flexibility index (Phi) is 6.03. The first-order valence-electron chi connectivity index (χ1n) is 8.65. The van der Waals surface area contributed by atoms with E-state index in [1.54, 1.807) is 0 Å². The number of anilines is 1. The number of carbonyl (C=O) groups is 2. The molecule has 1 N–H and O–H groups in total. The van der Waals surface area contributed by atoms with E-state index in [-0.39, 0.29) is 11.5 Å². The highest BCUT2D eigenvalue weighted by Gasteiger charge is 2.23. The topological polar surface area (TPSA) is 66.8 Å². The third-order valence-corrected chi connectivity index (χ3v) is 4.29. The molecule has 0 saturated carbocycles. The molecule has 1 saturated heterocycles. The average Bonchev–Trinajstić information content (AvgIpc) is 2.51. The second-order valence-electron chi connectivity index (χ2n) is 7.56. The predicted octanol–water partition coefficient (Wildman–Crippen LogP) is 3.86. The summed E-state index contributed by atoms with van der Waals surface area (Å²) in [6.07, 6.45) is 2.97. The minimum Gasteiger partial charge on any atom is -0.478 e. The molecule has 1 heterocycles. The van der Waals surface area contributed by atoms with E-state index in [2.05, 4.69) is 0 Å². The molecule has 2 rings (SSSR count). The fourth-order valence-electron chi connectivity index (χ4n) is 3.07. The number of esters is 1. The number of carbonyl (C=O) groups excluding carboxylic acids is 1. The molecule has 0 aromatic heterocycles. The molecule has 0 aliphatic carbocycles. The summed E-state index contributed by atoms with van der Waals surface area (Å²) in [5.41, 5.74) is 0.102. The molecule has 1 aromatic carbocycles. The van der Waals surface area contributed by atoms with Crippen LogP contribution in [-0.4, -0.2) is 35.7 Å². The molecule has 1 aliphatic rings. The standard InChI is InChI=1S/C19H26FNO4/c1-19(2,3)25-17(22)5-4-13-6-8-21(9-7-13)16-11-14(18(23)24)10-15(20)12-16/h10-13H,4-9H2,1-3H3,(H,23,24). The van der Waals surface area contributed by atoms with E-state index in [4.69, 9.17) is 9.84 Å². The largest absolute Gasteiger partial charge is 0.478 e. The Morgan fingerprint density at radius 2 is 1.88 bits per heavy atom. The van der Waals surface area contributed by atoms with Crippen LogP contribution in [0.25, 0.3) is 0 Å². The summed E-state index contributed by atoms with van der Waals surface area (Å²) in [7, 11) is 0. The smallest absolute Gasteiger partial charge is 0.335 e. The molecular weight excluding hydrogens is 325 g/mol. The van der Waals surface area contributed by atoms with Gasteiger partial charge in [0.05, 0.1) is 5.56 Å². The lowest BCUT2D eigenvalue weighted by Gasteiger charge is -2.34. The van der Waals surface area contributed by atoms with Crippen molar-refractivity contribution in [2.45, 2.75) is 52.1 Å². The zero-order chi connectivity index (χ0) is 18.6. The molecule has 0 spiro atoms. The van der Waals surface area contributed by atoms with Crippen molar-refractivity contribution in [3.63, 3.8) is 0 Å². The fourth-order valence-corrected chi connectivity index (χ4v) is 3.07. The van der Waals surface area contributed by atoms with Crippen molar-refractivity contribution in [3.8, 4) is 0 Å². The van der Waals surface area contributed by atoms with E-state index in [0.717, 1.165) is 38.4 Å². The van der Waals surface area contributed by atoms with E-state index in [9.17, 15) is 14.0 Å². The van der Waals surface area contributed by atoms with Crippen LogP contribution < -0.4 is 4.90 Å². The van der Waals surface area contributed by atoms with Crippen LogP contribution in [0.4, 0.5) is 10.1 Å². The normalized spacial score (nSPS) is 15.9. The van der Waals surface area contributed by atoms with Gasteiger partial charge in [0, 0.05) is 25.2 Å². The molecular formula is C19H26FNO4. The van der Waals surface area contributed by atoms with Crippen LogP contribution in [-0.2, 0) is 9.53 Å². The Labute approximate surface area is 147 Å². The number of hydrogen-bond acceptors (Lipinski definition) is 4. The molecule has 25 heavy (non-hydrogen) atoms. The summed E-state index contributed by atoms with van der Waals surface area (Å²) in [5, 5.41) is 9.05. The van der Waals surface area contributed by atoms with E-state index < -0.39 is 17.4 Å². The van der Waals surface area contributed by atoms with Gasteiger partial charge >= 0.3 is 11.9 Å². The quantitative estimate of drug-likeness (QED) is 0.816. The van der Waals surface area contributed by atoms with Gasteiger partial charge in [0.25, 0.3) is 0 Å². The summed E-state index contributed by atoms with van der Waals surface area (Å²) in [5.74, 6) is -1.42. The van der Waals surface area contributed by atoms with Crippen molar-refractivity contribution < 1.29 is 23.8 Å². The summed E-state index contributed by atoms with van der Waals surface area (Å²) in [6, 6.07) is 3.90. The Hall–Kier alpha value is -2.11. The molecule has 1 aliphatic heterocycles. The van der Waals surface area contributed by atoms with Crippen LogP contribution in [0, 0.1) is 11.7 Å². The van der Waals surface area contributed by atoms with E-state index in [0.29, 0.717) is 18.0 Å². The number of ether oxygens (including phenoxy) is 1. The summed E-state index contributed by atoms with van der Waals surface area (Å²) in [4.78, 5) is 24.9. The molecule has 0 unspecified atom stereocenters. The van der Waals surface area contributed by atoms with Crippen LogP contribution in [0.2, 0.25) is 0 Å². The van der Waals surface area contributed by atoms with Crippen LogP contribution in [0.1, 0.15) is 56.8 Å². The number of carboxylic acid groups (broad SMARTS) is 1. The highest BCUT2D eigenvalue weighted by atomic mass is 19.1. The number of carboxylic acids is 1. The maximum atomic E-state index is 13.6. The van der Waals surface area contributed by atoms with Gasteiger partial charge in [0.2, 0.25) is 0 Å². The number of rotatable bonds is 5. The number of benzene rings is 1. The van der Waals surface area contributed by atoms with Crippen molar-refractivity contribution in [2.24, 2.45) is 5.92 Å². The van der Waals surface area contributed by atoms with E-state index in [1.165, 1.54) is 12.1 Å². The number of hydrogen-bond donors (Lipinski definition) is 1. The molecule has 0 atom stereocenters. The third-order valence-electron chi connectivity index (χ3n) is 4.29. The Balaban J connectivity index is 1.86. The van der Waals surface area contributed by atoms with Crippen molar-refractivity contribution in [2.75, 3.05) is 18.0 Å².